The van der Waals surface area contributed by atoms with E-state index in [-0.39, 0.29) is 0 Å². The van der Waals surface area contributed by atoms with Crippen LogP contribution in [0.4, 0.5) is 0 Å². The van der Waals surface area contributed by atoms with Gasteiger partial charge in [0.15, 0.2) is 10.4 Å². The highest BCUT2D eigenvalue weighted by Gasteiger charge is 2.14. The minimum absolute atomic E-state index is 0.602. The highest BCUT2D eigenvalue weighted by atomic mass is 32.1. The zero-order chi connectivity index (χ0) is 15.0. The summed E-state index contributed by atoms with van der Waals surface area (Å²) in [4.78, 5) is 7.39. The summed E-state index contributed by atoms with van der Waals surface area (Å²) in [7, 11) is 3.55. The van der Waals surface area contributed by atoms with Crippen molar-refractivity contribution in [2.45, 2.75) is 19.9 Å². The maximum atomic E-state index is 5.45. The van der Waals surface area contributed by atoms with Gasteiger partial charge in [-0.1, -0.05) is 6.92 Å². The van der Waals surface area contributed by atoms with E-state index < -0.39 is 0 Å². The molecule has 0 radical (unpaired) electrons. The van der Waals surface area contributed by atoms with Crippen LogP contribution in [-0.4, -0.2) is 31.4 Å². The van der Waals surface area contributed by atoms with Gasteiger partial charge in [0.05, 0.1) is 19.3 Å². The Morgan fingerprint density at radius 1 is 1.43 bits per heavy atom. The van der Waals surface area contributed by atoms with Crippen molar-refractivity contribution in [1.82, 2.24) is 24.3 Å². The standard InChI is InChI=1S/C14H17N5OS/c1-4-10-12-13(18(2)17-10)19(14(21)16-12)8-9-5-6-15-11(7-9)20-3/h5-7H,4,8H2,1-3H3,(H,16,21). The normalized spacial score (nSPS) is 11.2. The predicted octanol–water partition coefficient (Wildman–Crippen LogP) is 2.45. The first-order valence-electron chi connectivity index (χ1n) is 6.77. The third-order valence-electron chi connectivity index (χ3n) is 3.51. The fourth-order valence-corrected chi connectivity index (χ4v) is 2.77. The first-order valence-corrected chi connectivity index (χ1v) is 7.18. The zero-order valence-corrected chi connectivity index (χ0v) is 13.1. The van der Waals surface area contributed by atoms with Gasteiger partial charge in [0, 0.05) is 19.3 Å². The summed E-state index contributed by atoms with van der Waals surface area (Å²) in [6.45, 7) is 2.74. The molecule has 0 saturated heterocycles. The Balaban J connectivity index is 2.10. The van der Waals surface area contributed by atoms with E-state index in [0.717, 1.165) is 28.8 Å². The average Bonchev–Trinajstić information content (AvgIpc) is 2.97. The largest absolute Gasteiger partial charge is 0.481 e. The van der Waals surface area contributed by atoms with Crippen LogP contribution in [0.25, 0.3) is 11.2 Å². The molecule has 110 valence electrons. The monoisotopic (exact) mass is 303 g/mol. The number of pyridine rings is 1. The van der Waals surface area contributed by atoms with Gasteiger partial charge in [-0.05, 0) is 30.3 Å². The molecule has 0 fully saturated rings. The fraction of sp³-hybridized carbons (Fsp3) is 0.357. The van der Waals surface area contributed by atoms with Crippen LogP contribution in [0.15, 0.2) is 18.3 Å². The molecule has 0 aromatic carbocycles. The topological polar surface area (TPSA) is 60.7 Å². The molecule has 0 aliphatic rings. The SMILES string of the molecule is CCc1nn(C)c2c1[nH]c(=S)n2Cc1ccnc(OC)c1. The second kappa shape index (κ2) is 5.33. The number of aromatic amines is 1. The minimum Gasteiger partial charge on any atom is -0.481 e. The Morgan fingerprint density at radius 2 is 2.24 bits per heavy atom. The van der Waals surface area contributed by atoms with Gasteiger partial charge in [-0.25, -0.2) is 4.98 Å². The van der Waals surface area contributed by atoms with Crippen LogP contribution in [0, 0.1) is 4.77 Å². The van der Waals surface area contributed by atoms with Crippen molar-refractivity contribution in [3.8, 4) is 5.88 Å². The van der Waals surface area contributed by atoms with Crippen molar-refractivity contribution in [2.24, 2.45) is 7.05 Å². The highest BCUT2D eigenvalue weighted by Crippen LogP contribution is 2.20. The Hall–Kier alpha value is -2.15. The van der Waals surface area contributed by atoms with Crippen molar-refractivity contribution in [2.75, 3.05) is 7.11 Å². The quantitative estimate of drug-likeness (QED) is 0.752. The van der Waals surface area contributed by atoms with E-state index in [1.54, 1.807) is 13.3 Å². The van der Waals surface area contributed by atoms with E-state index in [9.17, 15) is 0 Å². The summed E-state index contributed by atoms with van der Waals surface area (Å²) < 4.78 is 9.78. The minimum atomic E-state index is 0.602. The van der Waals surface area contributed by atoms with Crippen molar-refractivity contribution in [3.63, 3.8) is 0 Å². The summed E-state index contributed by atoms with van der Waals surface area (Å²) in [6, 6.07) is 3.87. The Labute approximate surface area is 127 Å². The number of methoxy groups -OCH3 is 1. The molecule has 7 heteroatoms. The van der Waals surface area contributed by atoms with Gasteiger partial charge in [0.1, 0.15) is 5.52 Å². The molecular weight excluding hydrogens is 286 g/mol. The molecule has 0 aliphatic carbocycles. The molecule has 3 aromatic heterocycles. The van der Waals surface area contributed by atoms with Crippen LogP contribution in [-0.2, 0) is 20.0 Å². The molecule has 6 nitrogen and oxygen atoms in total. The van der Waals surface area contributed by atoms with Gasteiger partial charge in [-0.15, -0.1) is 0 Å². The lowest BCUT2D eigenvalue weighted by Gasteiger charge is -2.06. The molecule has 3 heterocycles. The van der Waals surface area contributed by atoms with Gasteiger partial charge in [-0.2, -0.15) is 5.10 Å². The van der Waals surface area contributed by atoms with E-state index >= 15 is 0 Å². The maximum absolute atomic E-state index is 5.45. The molecule has 0 unspecified atom stereocenters. The number of imidazole rings is 1. The molecule has 0 bridgehead atoms. The molecule has 0 spiro atoms. The molecule has 0 amide bonds. The van der Waals surface area contributed by atoms with Crippen LogP contribution < -0.4 is 4.74 Å². The molecule has 0 saturated carbocycles. The zero-order valence-electron chi connectivity index (χ0n) is 12.3. The number of aromatic nitrogens is 5. The van der Waals surface area contributed by atoms with Gasteiger partial charge < -0.3 is 9.72 Å². The number of hydrogen-bond donors (Lipinski definition) is 1. The molecule has 21 heavy (non-hydrogen) atoms. The number of H-pyrrole nitrogens is 1. The molecule has 3 rings (SSSR count). The average molecular weight is 303 g/mol. The van der Waals surface area contributed by atoms with E-state index in [2.05, 4.69) is 22.0 Å². The van der Waals surface area contributed by atoms with Crippen LogP contribution in [0.3, 0.4) is 0 Å². The van der Waals surface area contributed by atoms with E-state index in [0.29, 0.717) is 17.2 Å². The highest BCUT2D eigenvalue weighted by molar-refractivity contribution is 7.71. The summed E-state index contributed by atoms with van der Waals surface area (Å²) in [6.07, 6.45) is 2.61. The fourth-order valence-electron chi connectivity index (χ4n) is 2.51. The van der Waals surface area contributed by atoms with Gasteiger partial charge >= 0.3 is 0 Å². The van der Waals surface area contributed by atoms with Crippen LogP contribution in [0.1, 0.15) is 18.2 Å². The maximum Gasteiger partial charge on any atom is 0.213 e. The number of hydrogen-bond acceptors (Lipinski definition) is 4. The first kappa shape index (κ1) is 13.8. The van der Waals surface area contributed by atoms with Gasteiger partial charge in [0.25, 0.3) is 0 Å². The molecule has 0 atom stereocenters. The summed E-state index contributed by atoms with van der Waals surface area (Å²) in [5, 5.41) is 4.53. The van der Waals surface area contributed by atoms with E-state index in [1.165, 1.54) is 0 Å². The van der Waals surface area contributed by atoms with Crippen LogP contribution >= 0.6 is 12.2 Å². The van der Waals surface area contributed by atoms with Crippen LogP contribution in [0.2, 0.25) is 0 Å². The lowest BCUT2D eigenvalue weighted by molar-refractivity contribution is 0.397. The Bertz CT molecular complexity index is 845. The van der Waals surface area contributed by atoms with Crippen molar-refractivity contribution >= 4 is 23.4 Å². The second-order valence-corrected chi connectivity index (χ2v) is 5.23. The molecular formula is C14H17N5OS. The predicted molar refractivity (Wildman–Crippen MR) is 83.2 cm³/mol. The number of rotatable bonds is 4. The lowest BCUT2D eigenvalue weighted by atomic mass is 10.2. The molecule has 1 N–H and O–H groups in total. The number of nitrogens with zero attached hydrogens (tertiary/aromatic N) is 4. The number of fused-ring (bicyclic) bond motifs is 1. The summed E-state index contributed by atoms with van der Waals surface area (Å²) >= 11 is 5.45. The van der Waals surface area contributed by atoms with Crippen molar-refractivity contribution in [1.29, 1.82) is 0 Å². The third kappa shape index (κ3) is 2.33. The van der Waals surface area contributed by atoms with Crippen molar-refractivity contribution < 1.29 is 4.74 Å². The summed E-state index contributed by atoms with van der Waals surface area (Å²) in [5.41, 5.74) is 4.14. The first-order chi connectivity index (χ1) is 10.1. The molecule has 0 aliphatic heterocycles. The van der Waals surface area contributed by atoms with E-state index in [4.69, 9.17) is 17.0 Å². The van der Waals surface area contributed by atoms with Crippen molar-refractivity contribution in [3.05, 3.63) is 34.4 Å². The van der Waals surface area contributed by atoms with Gasteiger partial charge in [-0.3, -0.25) is 9.25 Å². The van der Waals surface area contributed by atoms with Gasteiger partial charge in [0.2, 0.25) is 5.88 Å². The third-order valence-corrected chi connectivity index (χ3v) is 3.83. The Morgan fingerprint density at radius 3 is 2.95 bits per heavy atom. The number of nitrogens with one attached hydrogen (secondary N) is 1. The number of ether oxygens (including phenoxy) is 1. The van der Waals surface area contributed by atoms with E-state index in [1.807, 2.05) is 28.4 Å². The summed E-state index contributed by atoms with van der Waals surface area (Å²) in [5.74, 6) is 0.602. The smallest absolute Gasteiger partial charge is 0.213 e. The van der Waals surface area contributed by atoms with Crippen LogP contribution in [0.5, 0.6) is 5.88 Å². The number of aryl methyl sites for hydroxylation is 2. The second-order valence-electron chi connectivity index (χ2n) is 4.85. The lowest BCUT2D eigenvalue weighted by Crippen LogP contribution is -2.05. The molecule has 3 aromatic rings. The Kier molecular flexibility index (Phi) is 3.50.